The van der Waals surface area contributed by atoms with Crippen molar-refractivity contribution in [3.05, 3.63) is 11.7 Å². The number of sulfone groups is 1. The minimum atomic E-state index is -2.92. The van der Waals surface area contributed by atoms with Crippen LogP contribution in [0.15, 0.2) is 4.52 Å². The summed E-state index contributed by atoms with van der Waals surface area (Å²) in [4.78, 5) is 6.64. The molecule has 2 heterocycles. The smallest absolute Gasteiger partial charge is 0.229 e. The van der Waals surface area contributed by atoms with E-state index in [0.717, 1.165) is 43.9 Å². The van der Waals surface area contributed by atoms with Crippen molar-refractivity contribution in [1.82, 2.24) is 15.0 Å². The van der Waals surface area contributed by atoms with Crippen molar-refractivity contribution in [2.45, 2.75) is 37.6 Å². The fraction of sp³-hybridized carbons (Fsp3) is 0.833. The Bertz CT molecular complexity index is 550. The number of likely N-dealkylation sites (tertiary alicyclic amines) is 1. The van der Waals surface area contributed by atoms with Gasteiger partial charge in [-0.2, -0.15) is 4.98 Å². The predicted molar refractivity (Wildman–Crippen MR) is 69.5 cm³/mol. The highest BCUT2D eigenvalue weighted by molar-refractivity contribution is 7.90. The summed E-state index contributed by atoms with van der Waals surface area (Å²) in [5, 5.41) is 4.08. The van der Waals surface area contributed by atoms with E-state index in [1.165, 1.54) is 6.26 Å². The minimum absolute atomic E-state index is 0.123. The van der Waals surface area contributed by atoms with Crippen LogP contribution in [-0.2, 0) is 9.84 Å². The molecule has 19 heavy (non-hydrogen) atoms. The van der Waals surface area contributed by atoms with Gasteiger partial charge in [-0.3, -0.25) is 4.90 Å². The molecule has 1 aromatic heterocycles. The monoisotopic (exact) mass is 285 g/mol. The standard InChI is InChI=1S/C12H19N3O3S/c1-19(16,17)8-7-15-6-2-3-10(15)11-13-12(18-14-11)9-4-5-9/h9-10H,2-8H2,1H3/t10-/m0/s1. The Labute approximate surface area is 113 Å². The fourth-order valence-electron chi connectivity index (χ4n) is 2.55. The van der Waals surface area contributed by atoms with Crippen LogP contribution in [0.2, 0.25) is 0 Å². The summed E-state index contributed by atoms with van der Waals surface area (Å²) in [5.41, 5.74) is 0. The Morgan fingerprint density at radius 2 is 2.16 bits per heavy atom. The zero-order chi connectivity index (χ0) is 13.5. The van der Waals surface area contributed by atoms with Crippen molar-refractivity contribution in [1.29, 1.82) is 0 Å². The molecule has 1 aromatic rings. The molecule has 0 aromatic carbocycles. The summed E-state index contributed by atoms with van der Waals surface area (Å²) in [7, 11) is -2.92. The molecule has 1 saturated heterocycles. The largest absolute Gasteiger partial charge is 0.339 e. The zero-order valence-corrected chi connectivity index (χ0v) is 11.9. The van der Waals surface area contributed by atoms with E-state index in [2.05, 4.69) is 15.0 Å². The molecule has 0 bridgehead atoms. The molecule has 2 aliphatic rings. The van der Waals surface area contributed by atoms with Crippen molar-refractivity contribution in [3.8, 4) is 0 Å². The number of nitrogens with zero attached hydrogens (tertiary/aromatic N) is 3. The Balaban J connectivity index is 1.67. The molecular formula is C12H19N3O3S. The minimum Gasteiger partial charge on any atom is -0.339 e. The van der Waals surface area contributed by atoms with E-state index in [4.69, 9.17) is 4.52 Å². The average molecular weight is 285 g/mol. The predicted octanol–water partition coefficient (Wildman–Crippen LogP) is 1.13. The van der Waals surface area contributed by atoms with Crippen LogP contribution in [0, 0.1) is 0 Å². The van der Waals surface area contributed by atoms with Crippen LogP contribution in [-0.4, -0.2) is 48.6 Å². The van der Waals surface area contributed by atoms with E-state index in [1.54, 1.807) is 0 Å². The van der Waals surface area contributed by atoms with Gasteiger partial charge in [0, 0.05) is 18.7 Å². The van der Waals surface area contributed by atoms with Gasteiger partial charge in [0.05, 0.1) is 11.8 Å². The Hall–Kier alpha value is -0.950. The number of rotatable bonds is 5. The van der Waals surface area contributed by atoms with Crippen LogP contribution in [0.4, 0.5) is 0 Å². The molecule has 7 heteroatoms. The first-order valence-electron chi connectivity index (χ1n) is 6.78. The van der Waals surface area contributed by atoms with Crippen LogP contribution < -0.4 is 0 Å². The van der Waals surface area contributed by atoms with Gasteiger partial charge in [0.25, 0.3) is 0 Å². The lowest BCUT2D eigenvalue weighted by Gasteiger charge is -2.20. The first kappa shape index (κ1) is 13.1. The molecule has 106 valence electrons. The summed E-state index contributed by atoms with van der Waals surface area (Å²) < 4.78 is 27.8. The van der Waals surface area contributed by atoms with E-state index >= 15 is 0 Å². The van der Waals surface area contributed by atoms with Crippen LogP contribution in [0.25, 0.3) is 0 Å². The van der Waals surface area contributed by atoms with Crippen molar-refractivity contribution in [2.75, 3.05) is 25.1 Å². The van der Waals surface area contributed by atoms with Gasteiger partial charge in [0.15, 0.2) is 5.82 Å². The first-order chi connectivity index (χ1) is 9.03. The van der Waals surface area contributed by atoms with Gasteiger partial charge in [-0.25, -0.2) is 8.42 Å². The van der Waals surface area contributed by atoms with Crippen molar-refractivity contribution in [2.24, 2.45) is 0 Å². The lowest BCUT2D eigenvalue weighted by Crippen LogP contribution is -2.29. The number of aromatic nitrogens is 2. The summed E-state index contributed by atoms with van der Waals surface area (Å²) in [5.74, 6) is 2.14. The molecular weight excluding hydrogens is 266 g/mol. The Kier molecular flexibility index (Phi) is 3.34. The van der Waals surface area contributed by atoms with Crippen molar-refractivity contribution in [3.63, 3.8) is 0 Å². The highest BCUT2D eigenvalue weighted by Crippen LogP contribution is 2.40. The third-order valence-electron chi connectivity index (χ3n) is 3.80. The van der Waals surface area contributed by atoms with E-state index in [9.17, 15) is 8.42 Å². The molecule has 1 saturated carbocycles. The van der Waals surface area contributed by atoms with Crippen LogP contribution in [0.1, 0.15) is 49.4 Å². The van der Waals surface area contributed by atoms with Gasteiger partial charge in [-0.15, -0.1) is 0 Å². The third-order valence-corrected chi connectivity index (χ3v) is 4.72. The van der Waals surface area contributed by atoms with Crippen molar-refractivity contribution < 1.29 is 12.9 Å². The quantitative estimate of drug-likeness (QED) is 0.807. The molecule has 6 nitrogen and oxygen atoms in total. The first-order valence-corrected chi connectivity index (χ1v) is 8.84. The summed E-state index contributed by atoms with van der Waals surface area (Å²) in [6, 6.07) is 0.123. The van der Waals surface area contributed by atoms with Gasteiger partial charge in [0.1, 0.15) is 9.84 Å². The van der Waals surface area contributed by atoms with E-state index in [-0.39, 0.29) is 11.8 Å². The number of hydrogen-bond donors (Lipinski definition) is 0. The maximum Gasteiger partial charge on any atom is 0.229 e. The Morgan fingerprint density at radius 3 is 2.84 bits per heavy atom. The van der Waals surface area contributed by atoms with Gasteiger partial charge < -0.3 is 4.52 Å². The number of hydrogen-bond acceptors (Lipinski definition) is 6. The van der Waals surface area contributed by atoms with E-state index in [1.807, 2.05) is 0 Å². The summed E-state index contributed by atoms with van der Waals surface area (Å²) in [6.07, 6.45) is 5.60. The van der Waals surface area contributed by atoms with Crippen LogP contribution >= 0.6 is 0 Å². The maximum atomic E-state index is 11.3. The van der Waals surface area contributed by atoms with Gasteiger partial charge in [-0.1, -0.05) is 5.16 Å². The second-order valence-electron chi connectivity index (χ2n) is 5.59. The van der Waals surface area contributed by atoms with Crippen LogP contribution in [0.3, 0.4) is 0 Å². The van der Waals surface area contributed by atoms with Gasteiger partial charge >= 0.3 is 0 Å². The van der Waals surface area contributed by atoms with Crippen molar-refractivity contribution >= 4 is 9.84 Å². The van der Waals surface area contributed by atoms with Gasteiger partial charge in [-0.05, 0) is 32.2 Å². The molecule has 1 atom stereocenters. The molecule has 3 rings (SSSR count). The van der Waals surface area contributed by atoms with Gasteiger partial charge in [0.2, 0.25) is 5.89 Å². The lowest BCUT2D eigenvalue weighted by molar-refractivity contribution is 0.255. The second-order valence-corrected chi connectivity index (χ2v) is 7.85. The highest BCUT2D eigenvalue weighted by Gasteiger charge is 2.34. The molecule has 0 radical (unpaired) electrons. The molecule has 0 N–H and O–H groups in total. The molecule has 0 spiro atoms. The molecule has 0 unspecified atom stereocenters. The SMILES string of the molecule is CS(=O)(=O)CCN1CCC[C@H]1c1noc(C2CC2)n1. The summed E-state index contributed by atoms with van der Waals surface area (Å²) in [6.45, 7) is 1.46. The van der Waals surface area contributed by atoms with Crippen LogP contribution in [0.5, 0.6) is 0 Å². The molecule has 2 fully saturated rings. The summed E-state index contributed by atoms with van der Waals surface area (Å²) >= 11 is 0. The van der Waals surface area contributed by atoms with E-state index < -0.39 is 9.84 Å². The highest BCUT2D eigenvalue weighted by atomic mass is 32.2. The van der Waals surface area contributed by atoms with E-state index in [0.29, 0.717) is 12.5 Å². The molecule has 0 amide bonds. The normalized spacial score (nSPS) is 25.0. The Morgan fingerprint density at radius 1 is 1.37 bits per heavy atom. The topological polar surface area (TPSA) is 76.3 Å². The fourth-order valence-corrected chi connectivity index (χ4v) is 3.11. The second kappa shape index (κ2) is 4.86. The molecule has 1 aliphatic carbocycles. The lowest BCUT2D eigenvalue weighted by atomic mass is 10.2. The maximum absolute atomic E-state index is 11.3. The average Bonchev–Trinajstić information content (AvgIpc) is 2.91. The molecule has 1 aliphatic heterocycles. The third kappa shape index (κ3) is 3.14. The zero-order valence-electron chi connectivity index (χ0n) is 11.1.